The Morgan fingerprint density at radius 1 is 1.28 bits per heavy atom. The summed E-state index contributed by atoms with van der Waals surface area (Å²) >= 11 is 0. The molecule has 1 saturated carbocycles. The Morgan fingerprint density at radius 3 is 2.56 bits per heavy atom. The van der Waals surface area contributed by atoms with E-state index < -0.39 is 0 Å². The number of halogens is 2. The van der Waals surface area contributed by atoms with Gasteiger partial charge in [-0.15, -0.1) is 24.8 Å². The van der Waals surface area contributed by atoms with Gasteiger partial charge in [0, 0.05) is 44.0 Å². The highest BCUT2D eigenvalue weighted by Gasteiger charge is 2.34. The Morgan fingerprint density at radius 2 is 1.96 bits per heavy atom. The summed E-state index contributed by atoms with van der Waals surface area (Å²) in [5, 5.41) is 0. The van der Waals surface area contributed by atoms with Crippen LogP contribution in [0.5, 0.6) is 0 Å². The summed E-state index contributed by atoms with van der Waals surface area (Å²) < 4.78 is 5.85. The molecule has 7 heteroatoms. The largest absolute Gasteiger partial charge is 0.377 e. The molecule has 1 fully saturated rings. The van der Waals surface area contributed by atoms with Crippen molar-refractivity contribution in [2.24, 2.45) is 11.7 Å². The molecule has 0 aromatic carbocycles. The van der Waals surface area contributed by atoms with Gasteiger partial charge in [0.2, 0.25) is 5.91 Å². The second kappa shape index (κ2) is 12.5. The third-order valence-electron chi connectivity index (χ3n) is 4.54. The van der Waals surface area contributed by atoms with E-state index in [2.05, 4.69) is 11.9 Å². The number of carbonyl (C=O) groups excluding carboxylic acids is 1. The highest BCUT2D eigenvalue weighted by Crippen LogP contribution is 2.28. The standard InChI is InChI=1S/C18H29N3O2.2ClH/c1-3-11-23-17-12-15(5-6-16(17)19)18(22)21(4-2)13-14-7-9-20-10-8-14;;/h7-10,15-17H,3-6,11-13,19H2,1-2H3;2*1H/t15-,16+,17+;;/m0../s1. The summed E-state index contributed by atoms with van der Waals surface area (Å²) in [5.74, 6) is 0.250. The maximum Gasteiger partial charge on any atom is 0.226 e. The number of hydrogen-bond acceptors (Lipinski definition) is 4. The minimum atomic E-state index is 0. The summed E-state index contributed by atoms with van der Waals surface area (Å²) in [6, 6.07) is 3.97. The SMILES string of the molecule is CCCO[C@@H]1C[C@@H](C(=O)N(CC)Cc2ccncc2)CC[C@H]1N.Cl.Cl. The number of pyridine rings is 1. The predicted octanol–water partition coefficient (Wildman–Crippen LogP) is 3.20. The molecule has 2 N–H and O–H groups in total. The zero-order chi connectivity index (χ0) is 16.7. The third kappa shape index (κ3) is 7.10. The number of carbonyl (C=O) groups is 1. The normalized spacial score (nSPS) is 22.4. The number of hydrogen-bond donors (Lipinski definition) is 1. The van der Waals surface area contributed by atoms with Gasteiger partial charge in [-0.05, 0) is 50.3 Å². The molecule has 1 aliphatic rings. The minimum Gasteiger partial charge on any atom is -0.377 e. The average molecular weight is 392 g/mol. The summed E-state index contributed by atoms with van der Waals surface area (Å²) in [6.45, 7) is 6.18. The lowest BCUT2D eigenvalue weighted by molar-refractivity contribution is -0.139. The fourth-order valence-electron chi connectivity index (χ4n) is 3.15. The van der Waals surface area contributed by atoms with E-state index in [1.165, 1.54) is 0 Å². The van der Waals surface area contributed by atoms with Crippen molar-refractivity contribution in [2.45, 2.75) is 58.2 Å². The van der Waals surface area contributed by atoms with E-state index in [4.69, 9.17) is 10.5 Å². The van der Waals surface area contributed by atoms with Crippen LogP contribution in [0, 0.1) is 5.92 Å². The van der Waals surface area contributed by atoms with Crippen LogP contribution in [0.15, 0.2) is 24.5 Å². The van der Waals surface area contributed by atoms with E-state index in [9.17, 15) is 4.79 Å². The number of aromatic nitrogens is 1. The fourth-order valence-corrected chi connectivity index (χ4v) is 3.15. The molecular weight excluding hydrogens is 361 g/mol. The predicted molar refractivity (Wildman–Crippen MR) is 105 cm³/mol. The second-order valence-electron chi connectivity index (χ2n) is 6.29. The Hall–Kier alpha value is -0.880. The summed E-state index contributed by atoms with van der Waals surface area (Å²) in [6.07, 6.45) is 6.98. The molecule has 1 aromatic rings. The molecule has 1 aromatic heterocycles. The smallest absolute Gasteiger partial charge is 0.226 e. The highest BCUT2D eigenvalue weighted by molar-refractivity contribution is 5.85. The molecule has 0 aliphatic heterocycles. The lowest BCUT2D eigenvalue weighted by atomic mass is 9.83. The van der Waals surface area contributed by atoms with Crippen molar-refractivity contribution in [3.05, 3.63) is 30.1 Å². The summed E-state index contributed by atoms with van der Waals surface area (Å²) in [4.78, 5) is 18.8. The molecule has 0 spiro atoms. The van der Waals surface area contributed by atoms with Gasteiger partial charge in [0.25, 0.3) is 0 Å². The maximum absolute atomic E-state index is 12.9. The van der Waals surface area contributed by atoms with E-state index in [0.717, 1.165) is 31.2 Å². The summed E-state index contributed by atoms with van der Waals surface area (Å²) in [7, 11) is 0. The molecule has 0 bridgehead atoms. The van der Waals surface area contributed by atoms with Crippen molar-refractivity contribution in [3.8, 4) is 0 Å². The van der Waals surface area contributed by atoms with Gasteiger partial charge in [0.15, 0.2) is 0 Å². The average Bonchev–Trinajstić information content (AvgIpc) is 2.59. The molecule has 25 heavy (non-hydrogen) atoms. The zero-order valence-electron chi connectivity index (χ0n) is 15.1. The molecule has 5 nitrogen and oxygen atoms in total. The third-order valence-corrected chi connectivity index (χ3v) is 4.54. The van der Waals surface area contributed by atoms with Gasteiger partial charge in [-0.1, -0.05) is 6.92 Å². The fraction of sp³-hybridized carbons (Fsp3) is 0.667. The quantitative estimate of drug-likeness (QED) is 0.774. The second-order valence-corrected chi connectivity index (χ2v) is 6.29. The first-order valence-electron chi connectivity index (χ1n) is 8.70. The van der Waals surface area contributed by atoms with Crippen LogP contribution in [-0.4, -0.2) is 41.1 Å². The van der Waals surface area contributed by atoms with Crippen LogP contribution in [0.2, 0.25) is 0 Å². The van der Waals surface area contributed by atoms with Gasteiger partial charge < -0.3 is 15.4 Å². The lowest BCUT2D eigenvalue weighted by Crippen LogP contribution is -2.46. The molecule has 1 aliphatic carbocycles. The van der Waals surface area contributed by atoms with Crippen LogP contribution in [0.4, 0.5) is 0 Å². The molecule has 0 radical (unpaired) electrons. The van der Waals surface area contributed by atoms with E-state index >= 15 is 0 Å². The van der Waals surface area contributed by atoms with Crippen molar-refractivity contribution in [1.29, 1.82) is 0 Å². The molecule has 3 atom stereocenters. The van der Waals surface area contributed by atoms with Crippen molar-refractivity contribution in [1.82, 2.24) is 9.88 Å². The molecule has 1 heterocycles. The first kappa shape index (κ1) is 24.1. The molecule has 144 valence electrons. The van der Waals surface area contributed by atoms with E-state index in [0.29, 0.717) is 19.7 Å². The van der Waals surface area contributed by atoms with Crippen LogP contribution >= 0.6 is 24.8 Å². The first-order chi connectivity index (χ1) is 11.2. The lowest BCUT2D eigenvalue weighted by Gasteiger charge is -2.35. The van der Waals surface area contributed by atoms with Gasteiger partial charge in [0.1, 0.15) is 0 Å². The molecule has 2 rings (SSSR count). The van der Waals surface area contributed by atoms with Crippen LogP contribution in [0.3, 0.4) is 0 Å². The Bertz CT molecular complexity index is 490. The molecule has 1 amide bonds. The topological polar surface area (TPSA) is 68.5 Å². The van der Waals surface area contributed by atoms with Gasteiger partial charge in [0.05, 0.1) is 6.10 Å². The number of nitrogens with zero attached hydrogens (tertiary/aromatic N) is 2. The first-order valence-corrected chi connectivity index (χ1v) is 8.70. The van der Waals surface area contributed by atoms with E-state index in [-0.39, 0.29) is 48.8 Å². The Kier molecular flexibility index (Phi) is 12.0. The summed E-state index contributed by atoms with van der Waals surface area (Å²) in [5.41, 5.74) is 7.27. The van der Waals surface area contributed by atoms with Crippen molar-refractivity contribution >= 4 is 30.7 Å². The van der Waals surface area contributed by atoms with Gasteiger partial charge in [-0.25, -0.2) is 0 Å². The van der Waals surface area contributed by atoms with Crippen molar-refractivity contribution in [2.75, 3.05) is 13.2 Å². The monoisotopic (exact) mass is 391 g/mol. The number of amides is 1. The van der Waals surface area contributed by atoms with Gasteiger partial charge in [-0.3, -0.25) is 9.78 Å². The minimum absolute atomic E-state index is 0. The van der Waals surface area contributed by atoms with Gasteiger partial charge in [-0.2, -0.15) is 0 Å². The zero-order valence-corrected chi connectivity index (χ0v) is 16.7. The molecule has 0 saturated heterocycles. The van der Waals surface area contributed by atoms with E-state index in [1.54, 1.807) is 12.4 Å². The van der Waals surface area contributed by atoms with E-state index in [1.807, 2.05) is 24.0 Å². The van der Waals surface area contributed by atoms with Crippen LogP contribution in [0.25, 0.3) is 0 Å². The van der Waals surface area contributed by atoms with Gasteiger partial charge >= 0.3 is 0 Å². The van der Waals surface area contributed by atoms with Crippen LogP contribution in [-0.2, 0) is 16.1 Å². The van der Waals surface area contributed by atoms with Crippen LogP contribution < -0.4 is 5.73 Å². The Labute approximate surface area is 163 Å². The van der Waals surface area contributed by atoms with Crippen molar-refractivity contribution < 1.29 is 9.53 Å². The number of nitrogens with two attached hydrogens (primary N) is 1. The number of rotatable bonds is 7. The molecule has 0 unspecified atom stereocenters. The Balaban J connectivity index is 0.00000288. The maximum atomic E-state index is 12.9. The van der Waals surface area contributed by atoms with Crippen molar-refractivity contribution in [3.63, 3.8) is 0 Å². The number of ether oxygens (including phenoxy) is 1. The van der Waals surface area contributed by atoms with Crippen LogP contribution in [0.1, 0.15) is 45.1 Å². The highest BCUT2D eigenvalue weighted by atomic mass is 35.5. The molecular formula is C18H31Cl2N3O2.